The van der Waals surface area contributed by atoms with Crippen molar-refractivity contribution in [2.45, 2.75) is 38.2 Å². The lowest BCUT2D eigenvalue weighted by Crippen LogP contribution is -2.52. The summed E-state index contributed by atoms with van der Waals surface area (Å²) in [7, 11) is 0. The third-order valence-corrected chi connectivity index (χ3v) is 7.09. The number of nitrogens with one attached hydrogen (secondary N) is 1. The number of rotatable bonds is 9. The summed E-state index contributed by atoms with van der Waals surface area (Å²) in [6.45, 7) is 1.55. The summed E-state index contributed by atoms with van der Waals surface area (Å²) < 4.78 is 5.61. The van der Waals surface area contributed by atoms with E-state index in [0.717, 1.165) is 12.0 Å². The van der Waals surface area contributed by atoms with Gasteiger partial charge < -0.3 is 25.6 Å². The molecular formula is C26H32ClN3O6. The highest BCUT2D eigenvalue weighted by atomic mass is 35.5. The Hall–Kier alpha value is -3.14. The van der Waals surface area contributed by atoms with E-state index in [1.807, 2.05) is 19.1 Å². The van der Waals surface area contributed by atoms with Gasteiger partial charge in [0.1, 0.15) is 6.61 Å². The van der Waals surface area contributed by atoms with E-state index in [1.54, 1.807) is 36.4 Å². The van der Waals surface area contributed by atoms with Gasteiger partial charge in [0.2, 0.25) is 5.91 Å². The number of aliphatic hydroxyl groups is 2. The fourth-order valence-corrected chi connectivity index (χ4v) is 4.90. The molecule has 5 N–H and O–H groups in total. The second-order valence-corrected chi connectivity index (χ2v) is 9.40. The molecule has 1 fully saturated rings. The minimum absolute atomic E-state index is 0.144. The Morgan fingerprint density at radius 3 is 2.33 bits per heavy atom. The molecule has 194 valence electrons. The van der Waals surface area contributed by atoms with Crippen molar-refractivity contribution in [1.29, 1.82) is 0 Å². The first kappa shape index (κ1) is 27.4. The van der Waals surface area contributed by atoms with Gasteiger partial charge in [-0.1, -0.05) is 48.9 Å². The topological polar surface area (TPSA) is 142 Å². The third kappa shape index (κ3) is 6.34. The average molecular weight is 518 g/mol. The lowest BCUT2D eigenvalue weighted by Gasteiger charge is -2.45. The summed E-state index contributed by atoms with van der Waals surface area (Å²) in [5.74, 6) is -2.12. The van der Waals surface area contributed by atoms with Crippen LogP contribution in [0.3, 0.4) is 0 Å². The van der Waals surface area contributed by atoms with Gasteiger partial charge in [0.05, 0.1) is 12.5 Å². The fourth-order valence-electron chi connectivity index (χ4n) is 4.66. The predicted molar refractivity (Wildman–Crippen MR) is 136 cm³/mol. The number of anilines is 1. The van der Waals surface area contributed by atoms with Gasteiger partial charge in [0.25, 0.3) is 5.91 Å². The van der Waals surface area contributed by atoms with Crippen LogP contribution in [0.1, 0.15) is 36.8 Å². The number of aryl methyl sites for hydroxylation is 1. The van der Waals surface area contributed by atoms with E-state index in [-0.39, 0.29) is 32.5 Å². The van der Waals surface area contributed by atoms with Gasteiger partial charge in [-0.05, 0) is 48.6 Å². The van der Waals surface area contributed by atoms with Crippen LogP contribution in [0, 0.1) is 5.41 Å². The van der Waals surface area contributed by atoms with Crippen LogP contribution in [0.15, 0.2) is 48.5 Å². The number of halogens is 1. The van der Waals surface area contributed by atoms with Crippen LogP contribution < -0.4 is 11.1 Å². The van der Waals surface area contributed by atoms with E-state index in [9.17, 15) is 19.5 Å². The van der Waals surface area contributed by atoms with Gasteiger partial charge in [-0.2, -0.15) is 0 Å². The highest BCUT2D eigenvalue weighted by molar-refractivity contribution is 6.31. The van der Waals surface area contributed by atoms with Gasteiger partial charge in [-0.3, -0.25) is 14.9 Å². The van der Waals surface area contributed by atoms with E-state index >= 15 is 0 Å². The second kappa shape index (κ2) is 12.2. The van der Waals surface area contributed by atoms with Crippen LogP contribution in [-0.2, 0) is 20.7 Å². The van der Waals surface area contributed by atoms with Crippen molar-refractivity contribution in [3.05, 3.63) is 64.7 Å². The summed E-state index contributed by atoms with van der Waals surface area (Å²) >= 11 is 6.43. The van der Waals surface area contributed by atoms with Crippen LogP contribution in [0.5, 0.6) is 0 Å². The molecule has 0 radical (unpaired) electrons. The number of aliphatic hydroxyl groups excluding tert-OH is 2. The lowest BCUT2D eigenvalue weighted by atomic mass is 9.66. The van der Waals surface area contributed by atoms with Gasteiger partial charge in [-0.15, -0.1) is 0 Å². The Morgan fingerprint density at radius 2 is 1.78 bits per heavy atom. The first-order valence-electron chi connectivity index (χ1n) is 11.8. The molecule has 1 aliphatic heterocycles. The number of carbonyl (C=O) groups is 3. The molecule has 2 aromatic carbocycles. The van der Waals surface area contributed by atoms with Gasteiger partial charge in [0.15, 0.2) is 6.10 Å². The number of ether oxygens (including phenoxy) is 1. The molecule has 1 aliphatic rings. The number of nitrogens with zero attached hydrogens (tertiary/aromatic N) is 1. The third-order valence-electron chi connectivity index (χ3n) is 6.74. The number of carbonyl (C=O) groups excluding carboxylic acids is 3. The molecule has 0 bridgehead atoms. The summed E-state index contributed by atoms with van der Waals surface area (Å²) in [5.41, 5.74) is 7.14. The number of nitrogens with two attached hydrogens (primary N) is 1. The van der Waals surface area contributed by atoms with E-state index < -0.39 is 42.0 Å². The summed E-state index contributed by atoms with van der Waals surface area (Å²) in [4.78, 5) is 39.2. The highest BCUT2D eigenvalue weighted by Gasteiger charge is 2.48. The molecule has 0 spiro atoms. The van der Waals surface area contributed by atoms with Crippen molar-refractivity contribution in [2.24, 2.45) is 11.1 Å². The zero-order chi connectivity index (χ0) is 26.3. The summed E-state index contributed by atoms with van der Waals surface area (Å²) in [6, 6.07) is 14.2. The maximum atomic E-state index is 12.8. The van der Waals surface area contributed by atoms with Crippen molar-refractivity contribution < 1.29 is 29.3 Å². The Balaban J connectivity index is 1.83. The second-order valence-electron chi connectivity index (χ2n) is 8.99. The maximum Gasteiger partial charge on any atom is 0.411 e. The van der Waals surface area contributed by atoms with Gasteiger partial charge >= 0.3 is 6.09 Å². The highest BCUT2D eigenvalue weighted by Crippen LogP contribution is 2.46. The largest absolute Gasteiger partial charge is 0.449 e. The minimum Gasteiger partial charge on any atom is -0.449 e. The molecule has 3 amide bonds. The monoisotopic (exact) mass is 517 g/mol. The zero-order valence-corrected chi connectivity index (χ0v) is 20.9. The van der Waals surface area contributed by atoms with Crippen LogP contribution in [-0.4, -0.2) is 65.4 Å². The number of amides is 3. The minimum atomic E-state index is -1.52. The predicted octanol–water partition coefficient (Wildman–Crippen LogP) is 2.68. The molecule has 36 heavy (non-hydrogen) atoms. The van der Waals surface area contributed by atoms with E-state index in [2.05, 4.69) is 5.32 Å². The van der Waals surface area contributed by atoms with Crippen LogP contribution in [0.4, 0.5) is 10.5 Å². The van der Waals surface area contributed by atoms with Crippen LogP contribution >= 0.6 is 11.6 Å². The number of hydrogen-bond donors (Lipinski definition) is 4. The van der Waals surface area contributed by atoms with Crippen LogP contribution in [0.25, 0.3) is 0 Å². The molecule has 2 atom stereocenters. The number of likely N-dealkylation sites (tertiary alicyclic amines) is 1. The van der Waals surface area contributed by atoms with Crippen LogP contribution in [0.2, 0.25) is 5.02 Å². The molecule has 1 heterocycles. The smallest absolute Gasteiger partial charge is 0.411 e. The van der Waals surface area contributed by atoms with Crippen molar-refractivity contribution in [3.63, 3.8) is 0 Å². The number of primary amides is 1. The Labute approximate surface area is 215 Å². The Morgan fingerprint density at radius 1 is 1.14 bits per heavy atom. The van der Waals surface area contributed by atoms with E-state index in [1.165, 1.54) is 4.90 Å². The standard InChI is InChI=1S/C26H32ClN3O6/c1-2-17-7-9-18(10-8-17)29-25(35)36-16-26(11-13-30(14-12-26)24(34)21(32)15-31)22(23(28)33)19-5-3-4-6-20(19)27/h3-10,21-22,31-32H,2,11-16H2,1H3,(H2,28,33)(H,29,35). The molecule has 0 aliphatic carbocycles. The summed E-state index contributed by atoms with van der Waals surface area (Å²) in [6.07, 6.45) is -0.814. The molecule has 9 nitrogen and oxygen atoms in total. The normalized spacial score (nSPS) is 16.6. The van der Waals surface area contributed by atoms with Gasteiger partial charge in [-0.25, -0.2) is 4.79 Å². The van der Waals surface area contributed by atoms with Crippen molar-refractivity contribution in [3.8, 4) is 0 Å². The SMILES string of the molecule is CCc1ccc(NC(=O)OCC2(C(C(N)=O)c3ccccc3Cl)CCN(C(=O)C(O)CO)CC2)cc1. The quantitative estimate of drug-likeness (QED) is 0.403. The van der Waals surface area contributed by atoms with E-state index in [0.29, 0.717) is 16.3 Å². The number of hydrogen-bond acceptors (Lipinski definition) is 6. The van der Waals surface area contributed by atoms with Crippen molar-refractivity contribution >= 4 is 35.2 Å². The number of benzene rings is 2. The molecule has 10 heteroatoms. The molecular weight excluding hydrogens is 486 g/mol. The average Bonchev–Trinajstić information content (AvgIpc) is 2.88. The van der Waals surface area contributed by atoms with E-state index in [4.69, 9.17) is 27.2 Å². The molecule has 3 rings (SSSR count). The molecule has 0 saturated carbocycles. The lowest BCUT2D eigenvalue weighted by molar-refractivity contribution is -0.145. The fraction of sp³-hybridized carbons (Fsp3) is 0.423. The number of piperidine rings is 1. The Kier molecular flexibility index (Phi) is 9.31. The van der Waals surface area contributed by atoms with Crippen molar-refractivity contribution in [2.75, 3.05) is 31.6 Å². The molecule has 0 aromatic heterocycles. The van der Waals surface area contributed by atoms with Crippen molar-refractivity contribution in [1.82, 2.24) is 4.90 Å². The first-order chi connectivity index (χ1) is 17.2. The zero-order valence-electron chi connectivity index (χ0n) is 20.2. The van der Waals surface area contributed by atoms with Gasteiger partial charge in [0, 0.05) is 29.2 Å². The Bertz CT molecular complexity index is 1070. The maximum absolute atomic E-state index is 12.8. The first-order valence-corrected chi connectivity index (χ1v) is 12.2. The summed E-state index contributed by atoms with van der Waals surface area (Å²) in [5, 5.41) is 21.9. The molecule has 2 unspecified atom stereocenters. The molecule has 2 aromatic rings. The molecule has 1 saturated heterocycles.